The highest BCUT2D eigenvalue weighted by Crippen LogP contribution is 1.97. The quantitative estimate of drug-likeness (QED) is 0.675. The summed E-state index contributed by atoms with van der Waals surface area (Å²) in [5.41, 5.74) is 0.326. The van der Waals surface area contributed by atoms with Crippen molar-refractivity contribution < 1.29 is 19.5 Å². The van der Waals surface area contributed by atoms with Crippen molar-refractivity contribution in [3.05, 3.63) is 30.1 Å². The zero-order valence-corrected chi connectivity index (χ0v) is 8.29. The van der Waals surface area contributed by atoms with Crippen LogP contribution in [0, 0.1) is 0 Å². The maximum Gasteiger partial charge on any atom is 0.305 e. The van der Waals surface area contributed by atoms with Crippen molar-refractivity contribution in [1.82, 2.24) is 10.3 Å². The third-order valence-corrected chi connectivity index (χ3v) is 1.82. The van der Waals surface area contributed by atoms with Crippen LogP contribution in [-0.2, 0) is 9.59 Å². The molecule has 0 aliphatic carbocycles. The Morgan fingerprint density at radius 1 is 1.44 bits per heavy atom. The summed E-state index contributed by atoms with van der Waals surface area (Å²) in [6.45, 7) is 0. The summed E-state index contributed by atoms with van der Waals surface area (Å²) in [6.07, 6.45) is 2.83. The van der Waals surface area contributed by atoms with Crippen LogP contribution >= 0.6 is 0 Å². The highest BCUT2D eigenvalue weighted by molar-refractivity contribution is 5.95. The molecule has 6 heteroatoms. The first-order valence-electron chi connectivity index (χ1n) is 4.51. The van der Waals surface area contributed by atoms with Crippen LogP contribution in [0.5, 0.6) is 0 Å². The van der Waals surface area contributed by atoms with E-state index >= 15 is 0 Å². The van der Waals surface area contributed by atoms with Crippen molar-refractivity contribution in [3.63, 3.8) is 0 Å². The monoisotopic (exact) mass is 222 g/mol. The lowest BCUT2D eigenvalue weighted by molar-refractivity contribution is -0.138. The van der Waals surface area contributed by atoms with Crippen LogP contribution in [0.15, 0.2) is 24.5 Å². The molecule has 16 heavy (non-hydrogen) atoms. The first kappa shape index (κ1) is 11.8. The van der Waals surface area contributed by atoms with Crippen molar-refractivity contribution in [3.8, 4) is 0 Å². The van der Waals surface area contributed by atoms with Crippen LogP contribution in [0.3, 0.4) is 0 Å². The number of amides is 1. The molecule has 0 saturated carbocycles. The molecule has 1 atom stereocenters. The Morgan fingerprint density at radius 2 is 2.06 bits per heavy atom. The molecule has 0 bridgehead atoms. The van der Waals surface area contributed by atoms with Crippen LogP contribution in [0.1, 0.15) is 16.8 Å². The second-order valence-corrected chi connectivity index (χ2v) is 3.05. The number of carboxylic acids is 1. The van der Waals surface area contributed by atoms with Crippen molar-refractivity contribution in [2.45, 2.75) is 12.5 Å². The third-order valence-electron chi connectivity index (χ3n) is 1.82. The lowest BCUT2D eigenvalue weighted by Crippen LogP contribution is -2.37. The minimum atomic E-state index is -1.15. The zero-order valence-electron chi connectivity index (χ0n) is 8.29. The number of nitrogens with one attached hydrogen (secondary N) is 1. The lowest BCUT2D eigenvalue weighted by atomic mass is 10.2. The first-order valence-corrected chi connectivity index (χ1v) is 4.51. The fourth-order valence-corrected chi connectivity index (χ4v) is 1.08. The Bertz CT molecular complexity index is 391. The van der Waals surface area contributed by atoms with Gasteiger partial charge in [-0.1, -0.05) is 0 Å². The molecular weight excluding hydrogens is 212 g/mol. The number of rotatable bonds is 5. The molecule has 0 aliphatic heterocycles. The summed E-state index contributed by atoms with van der Waals surface area (Å²) in [6, 6.07) is 1.92. The van der Waals surface area contributed by atoms with Crippen molar-refractivity contribution >= 4 is 18.2 Å². The van der Waals surface area contributed by atoms with E-state index in [1.165, 1.54) is 24.5 Å². The smallest absolute Gasteiger partial charge is 0.305 e. The van der Waals surface area contributed by atoms with Gasteiger partial charge < -0.3 is 15.2 Å². The lowest BCUT2D eigenvalue weighted by Gasteiger charge is -2.09. The van der Waals surface area contributed by atoms with Gasteiger partial charge in [0, 0.05) is 18.0 Å². The van der Waals surface area contributed by atoms with Gasteiger partial charge in [0.2, 0.25) is 0 Å². The highest BCUT2D eigenvalue weighted by Gasteiger charge is 2.15. The molecule has 0 fully saturated rings. The SMILES string of the molecule is O=C[C@H](CC(=O)O)NC(=O)c1ccncc1. The molecule has 0 aromatic carbocycles. The standard InChI is InChI=1S/C10H10N2O4/c13-6-8(5-9(14)15)12-10(16)7-1-3-11-4-2-7/h1-4,6,8H,5H2,(H,12,16)(H,14,15)/t8-/m0/s1. The third kappa shape index (κ3) is 3.49. The van der Waals surface area contributed by atoms with Gasteiger partial charge in [-0.2, -0.15) is 0 Å². The van der Waals surface area contributed by atoms with Crippen LogP contribution in [0.4, 0.5) is 0 Å². The molecule has 1 amide bonds. The van der Waals surface area contributed by atoms with E-state index in [0.29, 0.717) is 11.8 Å². The van der Waals surface area contributed by atoms with Crippen molar-refractivity contribution in [2.24, 2.45) is 0 Å². The predicted octanol–water partition coefficient (Wildman–Crippen LogP) is -0.146. The minimum absolute atomic E-state index is 0.326. The number of nitrogens with zero attached hydrogens (tertiary/aromatic N) is 1. The molecule has 1 aromatic rings. The number of carboxylic acid groups (broad SMARTS) is 1. The summed E-state index contributed by atoms with van der Waals surface area (Å²) < 4.78 is 0. The average molecular weight is 222 g/mol. The number of pyridine rings is 1. The highest BCUT2D eigenvalue weighted by atomic mass is 16.4. The van der Waals surface area contributed by atoms with Gasteiger partial charge in [-0.3, -0.25) is 14.6 Å². The molecular formula is C10H10N2O4. The molecule has 0 unspecified atom stereocenters. The second kappa shape index (κ2) is 5.59. The number of aromatic nitrogens is 1. The number of hydrogen-bond donors (Lipinski definition) is 2. The number of carbonyl (C=O) groups excluding carboxylic acids is 2. The second-order valence-electron chi connectivity index (χ2n) is 3.05. The van der Waals surface area contributed by atoms with Gasteiger partial charge in [0.05, 0.1) is 12.5 Å². The maximum atomic E-state index is 11.5. The molecule has 1 aromatic heterocycles. The van der Waals surface area contributed by atoms with Gasteiger partial charge in [-0.05, 0) is 12.1 Å². The number of aliphatic carboxylic acids is 1. The molecule has 0 radical (unpaired) electrons. The van der Waals surface area contributed by atoms with Gasteiger partial charge in [-0.25, -0.2) is 0 Å². The van der Waals surface area contributed by atoms with Gasteiger partial charge in [-0.15, -0.1) is 0 Å². The van der Waals surface area contributed by atoms with E-state index in [4.69, 9.17) is 5.11 Å². The zero-order chi connectivity index (χ0) is 12.0. The van der Waals surface area contributed by atoms with E-state index in [9.17, 15) is 14.4 Å². The van der Waals surface area contributed by atoms with E-state index in [1.54, 1.807) is 0 Å². The fraction of sp³-hybridized carbons (Fsp3) is 0.200. The summed E-state index contributed by atoms with van der Waals surface area (Å²) >= 11 is 0. The molecule has 1 rings (SSSR count). The molecule has 84 valence electrons. The number of hydrogen-bond acceptors (Lipinski definition) is 4. The van der Waals surface area contributed by atoms with Gasteiger partial charge >= 0.3 is 5.97 Å². The molecule has 0 saturated heterocycles. The number of aldehydes is 1. The summed E-state index contributed by atoms with van der Waals surface area (Å²) in [7, 11) is 0. The van der Waals surface area contributed by atoms with E-state index < -0.39 is 24.3 Å². The van der Waals surface area contributed by atoms with Gasteiger partial charge in [0.15, 0.2) is 0 Å². The normalized spacial score (nSPS) is 11.5. The van der Waals surface area contributed by atoms with Gasteiger partial charge in [0.1, 0.15) is 6.29 Å². The van der Waals surface area contributed by atoms with E-state index in [-0.39, 0.29) is 0 Å². The van der Waals surface area contributed by atoms with E-state index in [1.807, 2.05) is 0 Å². The Morgan fingerprint density at radius 3 is 2.56 bits per heavy atom. The minimum Gasteiger partial charge on any atom is -0.481 e. The summed E-state index contributed by atoms with van der Waals surface area (Å²) in [4.78, 5) is 36.1. The predicted molar refractivity (Wildman–Crippen MR) is 53.8 cm³/mol. The summed E-state index contributed by atoms with van der Waals surface area (Å²) in [5.74, 6) is -1.65. The van der Waals surface area contributed by atoms with Crippen LogP contribution in [0.2, 0.25) is 0 Å². The largest absolute Gasteiger partial charge is 0.481 e. The Labute approximate surface area is 91.3 Å². The van der Waals surface area contributed by atoms with E-state index in [0.717, 1.165) is 0 Å². The van der Waals surface area contributed by atoms with Crippen molar-refractivity contribution in [1.29, 1.82) is 0 Å². The molecule has 2 N–H and O–H groups in total. The number of carbonyl (C=O) groups is 3. The topological polar surface area (TPSA) is 96.4 Å². The Hall–Kier alpha value is -2.24. The summed E-state index contributed by atoms with van der Waals surface area (Å²) in [5, 5.41) is 10.8. The van der Waals surface area contributed by atoms with Gasteiger partial charge in [0.25, 0.3) is 5.91 Å². The van der Waals surface area contributed by atoms with E-state index in [2.05, 4.69) is 10.3 Å². The first-order chi connectivity index (χ1) is 7.63. The average Bonchev–Trinajstić information content (AvgIpc) is 2.28. The molecule has 0 aliphatic rings. The van der Waals surface area contributed by atoms with Crippen molar-refractivity contribution in [2.75, 3.05) is 0 Å². The van der Waals surface area contributed by atoms with Crippen LogP contribution < -0.4 is 5.32 Å². The Kier molecular flexibility index (Phi) is 4.14. The van der Waals surface area contributed by atoms with Crippen LogP contribution in [-0.4, -0.2) is 34.3 Å². The molecule has 0 spiro atoms. The van der Waals surface area contributed by atoms with Crippen LogP contribution in [0.25, 0.3) is 0 Å². The maximum absolute atomic E-state index is 11.5. The molecule has 6 nitrogen and oxygen atoms in total. The Balaban J connectivity index is 2.62. The fourth-order valence-electron chi connectivity index (χ4n) is 1.08. The molecule has 1 heterocycles.